The van der Waals surface area contributed by atoms with E-state index in [1.54, 1.807) is 25.3 Å². The number of carbonyl (C=O) groups is 1. The van der Waals surface area contributed by atoms with E-state index >= 15 is 0 Å². The van der Waals surface area contributed by atoms with Gasteiger partial charge in [-0.25, -0.2) is 0 Å². The van der Waals surface area contributed by atoms with Gasteiger partial charge in [0.15, 0.2) is 11.0 Å². The van der Waals surface area contributed by atoms with Gasteiger partial charge in [-0.15, -0.1) is 10.2 Å². The molecule has 2 heterocycles. The molecule has 136 valence electrons. The highest BCUT2D eigenvalue weighted by molar-refractivity contribution is 8.00. The van der Waals surface area contributed by atoms with E-state index in [0.717, 1.165) is 22.7 Å². The van der Waals surface area contributed by atoms with E-state index < -0.39 is 0 Å². The molecule has 1 aromatic carbocycles. The second-order valence-corrected chi connectivity index (χ2v) is 7.59. The molecule has 0 saturated carbocycles. The number of aromatic nitrogens is 3. The van der Waals surface area contributed by atoms with Crippen LogP contribution in [0.25, 0.3) is 11.4 Å². The maximum Gasteiger partial charge on any atom is 0.235 e. The first kappa shape index (κ1) is 18.3. The minimum atomic E-state index is -0.255. The van der Waals surface area contributed by atoms with Crippen LogP contribution < -0.4 is 0 Å². The molecule has 0 bridgehead atoms. The Bertz CT molecular complexity index is 887. The number of benzene rings is 1. The zero-order valence-electron chi connectivity index (χ0n) is 15.3. The molecule has 0 spiro atoms. The molecule has 1 amide bonds. The van der Waals surface area contributed by atoms with Crippen molar-refractivity contribution in [2.45, 2.75) is 30.8 Å². The third-order valence-electron chi connectivity index (χ3n) is 4.07. The summed E-state index contributed by atoms with van der Waals surface area (Å²) in [6, 6.07) is 11.8. The molecule has 0 radical (unpaired) electrons. The van der Waals surface area contributed by atoms with Gasteiger partial charge in [0.25, 0.3) is 0 Å². The van der Waals surface area contributed by atoms with Crippen LogP contribution in [-0.2, 0) is 11.3 Å². The van der Waals surface area contributed by atoms with E-state index in [9.17, 15) is 4.79 Å². The zero-order chi connectivity index (χ0) is 18.7. The lowest BCUT2D eigenvalue weighted by atomic mass is 10.1. The Morgan fingerprint density at radius 3 is 2.65 bits per heavy atom. The second-order valence-electron chi connectivity index (χ2n) is 6.28. The van der Waals surface area contributed by atoms with Crippen molar-refractivity contribution in [2.24, 2.45) is 0 Å². The lowest BCUT2D eigenvalue weighted by Gasteiger charge is -2.16. The minimum absolute atomic E-state index is 0.0417. The van der Waals surface area contributed by atoms with Crippen molar-refractivity contribution in [1.29, 1.82) is 0 Å². The molecule has 1 atom stereocenters. The second kappa shape index (κ2) is 7.78. The monoisotopic (exact) mass is 370 g/mol. The smallest absolute Gasteiger partial charge is 0.235 e. The van der Waals surface area contributed by atoms with Crippen molar-refractivity contribution in [2.75, 3.05) is 14.1 Å². The number of hydrogen-bond acceptors (Lipinski definition) is 5. The van der Waals surface area contributed by atoms with E-state index in [2.05, 4.69) is 10.2 Å². The average molecular weight is 370 g/mol. The van der Waals surface area contributed by atoms with Gasteiger partial charge in [0, 0.05) is 19.7 Å². The zero-order valence-corrected chi connectivity index (χ0v) is 16.2. The summed E-state index contributed by atoms with van der Waals surface area (Å²) in [6.45, 7) is 4.44. The van der Waals surface area contributed by atoms with Crippen LogP contribution in [0.3, 0.4) is 0 Å². The van der Waals surface area contributed by atoms with Crippen molar-refractivity contribution < 1.29 is 9.21 Å². The van der Waals surface area contributed by atoms with Crippen LogP contribution in [0.2, 0.25) is 0 Å². The quantitative estimate of drug-likeness (QED) is 0.622. The predicted octanol–water partition coefficient (Wildman–Crippen LogP) is 3.46. The summed E-state index contributed by atoms with van der Waals surface area (Å²) in [5.41, 5.74) is 2.14. The van der Waals surface area contributed by atoms with Crippen LogP contribution in [0, 0.1) is 6.92 Å². The van der Waals surface area contributed by atoms with Crippen molar-refractivity contribution in [3.63, 3.8) is 0 Å². The van der Waals surface area contributed by atoms with Gasteiger partial charge in [-0.3, -0.25) is 9.36 Å². The Morgan fingerprint density at radius 1 is 1.23 bits per heavy atom. The number of aryl methyl sites for hydroxylation is 1. The first-order chi connectivity index (χ1) is 12.5. The first-order valence-corrected chi connectivity index (χ1v) is 9.24. The van der Waals surface area contributed by atoms with Gasteiger partial charge in [0.1, 0.15) is 5.76 Å². The number of furan rings is 1. The fourth-order valence-electron chi connectivity index (χ4n) is 2.67. The third kappa shape index (κ3) is 3.83. The fourth-order valence-corrected chi connectivity index (χ4v) is 3.67. The van der Waals surface area contributed by atoms with Gasteiger partial charge < -0.3 is 9.32 Å². The standard InChI is InChI=1S/C19H22N4O2S/c1-13-8-5-6-10-16(13)17-20-21-19(26-14(2)18(24)22(3)4)23(17)12-15-9-7-11-25-15/h5-11,14H,12H2,1-4H3. The number of nitrogens with zero attached hydrogens (tertiary/aromatic N) is 4. The third-order valence-corrected chi connectivity index (χ3v) is 5.14. The molecule has 0 fully saturated rings. The lowest BCUT2D eigenvalue weighted by Crippen LogP contribution is -2.29. The Morgan fingerprint density at radius 2 is 2.00 bits per heavy atom. The highest BCUT2D eigenvalue weighted by atomic mass is 32.2. The molecule has 0 aliphatic heterocycles. The molecule has 3 rings (SSSR count). The predicted molar refractivity (Wildman–Crippen MR) is 102 cm³/mol. The van der Waals surface area contributed by atoms with Gasteiger partial charge in [0.05, 0.1) is 18.1 Å². The van der Waals surface area contributed by atoms with E-state index in [1.807, 2.05) is 54.8 Å². The normalized spacial score (nSPS) is 12.2. The molecule has 2 aromatic heterocycles. The molecular weight excluding hydrogens is 348 g/mol. The maximum atomic E-state index is 12.2. The van der Waals surface area contributed by atoms with Crippen molar-refractivity contribution >= 4 is 17.7 Å². The summed E-state index contributed by atoms with van der Waals surface area (Å²) in [6.07, 6.45) is 1.65. The molecule has 0 saturated heterocycles. The van der Waals surface area contributed by atoms with Gasteiger partial charge in [-0.05, 0) is 31.5 Å². The Labute approximate surface area is 157 Å². The van der Waals surface area contributed by atoms with Gasteiger partial charge in [-0.1, -0.05) is 36.0 Å². The molecule has 26 heavy (non-hydrogen) atoms. The molecule has 0 aliphatic rings. The lowest BCUT2D eigenvalue weighted by molar-refractivity contribution is -0.127. The number of rotatable bonds is 6. The number of thioether (sulfide) groups is 1. The highest BCUT2D eigenvalue weighted by Gasteiger charge is 2.22. The minimum Gasteiger partial charge on any atom is -0.467 e. The summed E-state index contributed by atoms with van der Waals surface area (Å²) in [7, 11) is 3.51. The van der Waals surface area contributed by atoms with Crippen LogP contribution in [0.15, 0.2) is 52.2 Å². The summed E-state index contributed by atoms with van der Waals surface area (Å²) < 4.78 is 7.52. The first-order valence-electron chi connectivity index (χ1n) is 8.36. The maximum absolute atomic E-state index is 12.2. The largest absolute Gasteiger partial charge is 0.467 e. The average Bonchev–Trinajstić information content (AvgIpc) is 3.26. The van der Waals surface area contributed by atoms with Gasteiger partial charge >= 0.3 is 0 Å². The Hall–Kier alpha value is -2.54. The molecule has 1 unspecified atom stereocenters. The molecule has 0 N–H and O–H groups in total. The fraction of sp³-hybridized carbons (Fsp3) is 0.316. The summed E-state index contributed by atoms with van der Waals surface area (Å²) in [5, 5.41) is 9.21. The van der Waals surface area contributed by atoms with Gasteiger partial charge in [-0.2, -0.15) is 0 Å². The molecule has 6 nitrogen and oxygen atoms in total. The van der Waals surface area contributed by atoms with E-state index in [-0.39, 0.29) is 11.2 Å². The summed E-state index contributed by atoms with van der Waals surface area (Å²) in [4.78, 5) is 13.8. The highest BCUT2D eigenvalue weighted by Crippen LogP contribution is 2.29. The number of carbonyl (C=O) groups excluding carboxylic acids is 1. The van der Waals surface area contributed by atoms with E-state index in [0.29, 0.717) is 11.7 Å². The number of hydrogen-bond donors (Lipinski definition) is 0. The SMILES string of the molecule is Cc1ccccc1-c1nnc(SC(C)C(=O)N(C)C)n1Cc1ccco1. The molecule has 0 aliphatic carbocycles. The molecular formula is C19H22N4O2S. The summed E-state index contributed by atoms with van der Waals surface area (Å²) in [5.74, 6) is 1.62. The van der Waals surface area contributed by atoms with Crippen LogP contribution >= 0.6 is 11.8 Å². The van der Waals surface area contributed by atoms with E-state index in [1.165, 1.54) is 11.8 Å². The van der Waals surface area contributed by atoms with Crippen molar-refractivity contribution in [3.05, 3.63) is 54.0 Å². The van der Waals surface area contributed by atoms with Crippen LogP contribution in [0.5, 0.6) is 0 Å². The molecule has 3 aromatic rings. The van der Waals surface area contributed by atoms with Crippen LogP contribution in [-0.4, -0.2) is 44.9 Å². The van der Waals surface area contributed by atoms with Crippen LogP contribution in [0.1, 0.15) is 18.2 Å². The van der Waals surface area contributed by atoms with E-state index in [4.69, 9.17) is 4.42 Å². The number of amides is 1. The Kier molecular flexibility index (Phi) is 5.46. The van der Waals surface area contributed by atoms with Crippen molar-refractivity contribution in [1.82, 2.24) is 19.7 Å². The van der Waals surface area contributed by atoms with Crippen molar-refractivity contribution in [3.8, 4) is 11.4 Å². The van der Waals surface area contributed by atoms with Gasteiger partial charge in [0.2, 0.25) is 5.91 Å². The Balaban J connectivity index is 1.99. The topological polar surface area (TPSA) is 64.2 Å². The molecule has 7 heteroatoms. The summed E-state index contributed by atoms with van der Waals surface area (Å²) >= 11 is 1.41. The van der Waals surface area contributed by atoms with Crippen LogP contribution in [0.4, 0.5) is 0 Å².